The van der Waals surface area contributed by atoms with Gasteiger partial charge in [0.2, 0.25) is 0 Å². The highest BCUT2D eigenvalue weighted by Crippen LogP contribution is 2.34. The van der Waals surface area contributed by atoms with Crippen LogP contribution in [0.25, 0.3) is 0 Å². The Labute approximate surface area is 173 Å². The van der Waals surface area contributed by atoms with Crippen LogP contribution in [-0.4, -0.2) is 54.1 Å². The van der Waals surface area contributed by atoms with Crippen LogP contribution in [0.2, 0.25) is 0 Å². The van der Waals surface area contributed by atoms with Gasteiger partial charge in [-0.1, -0.05) is 48.5 Å². The van der Waals surface area contributed by atoms with Crippen molar-refractivity contribution >= 4 is 12.0 Å². The van der Waals surface area contributed by atoms with Crippen LogP contribution in [0, 0.1) is 5.92 Å². The van der Waals surface area contributed by atoms with Gasteiger partial charge in [-0.25, -0.2) is 4.79 Å². The molecule has 2 amide bonds. The summed E-state index contributed by atoms with van der Waals surface area (Å²) in [6.07, 6.45) is -0.294. The lowest BCUT2D eigenvalue weighted by Gasteiger charge is -2.25. The van der Waals surface area contributed by atoms with Crippen molar-refractivity contribution in [1.29, 1.82) is 0 Å². The van der Waals surface area contributed by atoms with Crippen LogP contribution in [0.5, 0.6) is 0 Å². The average Bonchev–Trinajstić information content (AvgIpc) is 3.11. The lowest BCUT2D eigenvalue weighted by atomic mass is 9.88. The SMILES string of the molecule is CN(C[C@H]1CN(C(=O)OC(C)(C)C)C[C@H]1c1ccccc1)C(=O)c1ccccc1. The van der Waals surface area contributed by atoms with E-state index in [9.17, 15) is 9.59 Å². The standard InChI is InChI=1S/C24H30N2O3/c1-24(2,3)29-23(28)26-16-20(21(17-26)18-11-7-5-8-12-18)15-25(4)22(27)19-13-9-6-10-14-19/h5-14,20-21H,15-17H2,1-4H3/t20-,21-/m0/s1. The van der Waals surface area contributed by atoms with E-state index in [1.807, 2.05) is 76.3 Å². The fraction of sp³-hybridized carbons (Fsp3) is 0.417. The van der Waals surface area contributed by atoms with Gasteiger partial charge in [0.25, 0.3) is 5.91 Å². The van der Waals surface area contributed by atoms with Gasteiger partial charge in [-0.05, 0) is 38.5 Å². The van der Waals surface area contributed by atoms with Gasteiger partial charge in [0, 0.05) is 44.1 Å². The van der Waals surface area contributed by atoms with Crippen molar-refractivity contribution in [2.45, 2.75) is 32.3 Å². The highest BCUT2D eigenvalue weighted by Gasteiger charge is 2.38. The molecule has 0 spiro atoms. The molecule has 5 heteroatoms. The third-order valence-electron chi connectivity index (χ3n) is 5.20. The Balaban J connectivity index is 1.76. The van der Waals surface area contributed by atoms with Crippen LogP contribution in [0.1, 0.15) is 42.6 Å². The molecule has 3 rings (SSSR count). The largest absolute Gasteiger partial charge is 0.444 e. The maximum atomic E-state index is 12.8. The van der Waals surface area contributed by atoms with Gasteiger partial charge in [0.05, 0.1) is 0 Å². The highest BCUT2D eigenvalue weighted by molar-refractivity contribution is 5.94. The number of rotatable bonds is 4. The van der Waals surface area contributed by atoms with E-state index in [1.165, 1.54) is 5.56 Å². The van der Waals surface area contributed by atoms with Crippen molar-refractivity contribution in [2.75, 3.05) is 26.7 Å². The van der Waals surface area contributed by atoms with Crippen LogP contribution >= 0.6 is 0 Å². The maximum Gasteiger partial charge on any atom is 0.410 e. The number of nitrogens with zero attached hydrogens (tertiary/aromatic N) is 2. The van der Waals surface area contributed by atoms with Crippen molar-refractivity contribution in [1.82, 2.24) is 9.80 Å². The Kier molecular flexibility index (Phi) is 6.26. The monoisotopic (exact) mass is 394 g/mol. The molecule has 154 valence electrons. The fourth-order valence-electron chi connectivity index (χ4n) is 3.85. The second kappa shape index (κ2) is 8.68. The second-order valence-corrected chi connectivity index (χ2v) is 8.71. The van der Waals surface area contributed by atoms with E-state index in [2.05, 4.69) is 12.1 Å². The zero-order chi connectivity index (χ0) is 21.0. The van der Waals surface area contributed by atoms with Gasteiger partial charge in [0.15, 0.2) is 0 Å². The molecule has 1 saturated heterocycles. The second-order valence-electron chi connectivity index (χ2n) is 8.71. The fourth-order valence-corrected chi connectivity index (χ4v) is 3.85. The zero-order valence-corrected chi connectivity index (χ0v) is 17.7. The van der Waals surface area contributed by atoms with Crippen LogP contribution in [-0.2, 0) is 4.74 Å². The molecule has 5 nitrogen and oxygen atoms in total. The molecule has 29 heavy (non-hydrogen) atoms. The molecule has 2 aromatic rings. The van der Waals surface area contributed by atoms with E-state index in [-0.39, 0.29) is 23.8 Å². The summed E-state index contributed by atoms with van der Waals surface area (Å²) in [6, 6.07) is 19.5. The van der Waals surface area contributed by atoms with E-state index in [1.54, 1.807) is 9.80 Å². The van der Waals surface area contributed by atoms with Crippen LogP contribution in [0.15, 0.2) is 60.7 Å². The summed E-state index contributed by atoms with van der Waals surface area (Å²) < 4.78 is 5.58. The van der Waals surface area contributed by atoms with E-state index in [0.29, 0.717) is 25.2 Å². The predicted molar refractivity (Wildman–Crippen MR) is 114 cm³/mol. The summed E-state index contributed by atoms with van der Waals surface area (Å²) in [5.41, 5.74) is 1.33. The first kappa shape index (κ1) is 20.9. The Bertz CT molecular complexity index is 830. The number of benzene rings is 2. The lowest BCUT2D eigenvalue weighted by Crippen LogP contribution is -2.37. The first-order chi connectivity index (χ1) is 13.7. The van der Waals surface area contributed by atoms with Crippen molar-refractivity contribution in [2.24, 2.45) is 5.92 Å². The number of carbonyl (C=O) groups excluding carboxylic acids is 2. The Morgan fingerprint density at radius 1 is 1.00 bits per heavy atom. The Hall–Kier alpha value is -2.82. The molecule has 0 aromatic heterocycles. The molecule has 0 N–H and O–H groups in total. The van der Waals surface area contributed by atoms with Gasteiger partial charge in [0.1, 0.15) is 5.60 Å². The van der Waals surface area contributed by atoms with E-state index in [4.69, 9.17) is 4.74 Å². The predicted octanol–water partition coefficient (Wildman–Crippen LogP) is 4.41. The maximum absolute atomic E-state index is 12.8. The van der Waals surface area contributed by atoms with Gasteiger partial charge < -0.3 is 14.5 Å². The number of likely N-dealkylation sites (tertiary alicyclic amines) is 1. The summed E-state index contributed by atoms with van der Waals surface area (Å²) in [4.78, 5) is 29.0. The minimum atomic E-state index is -0.530. The highest BCUT2D eigenvalue weighted by atomic mass is 16.6. The first-order valence-electron chi connectivity index (χ1n) is 10.1. The normalized spacial score (nSPS) is 19.1. The molecule has 0 bridgehead atoms. The van der Waals surface area contributed by atoms with Gasteiger partial charge in [-0.15, -0.1) is 0 Å². The molecule has 0 unspecified atom stereocenters. The first-order valence-corrected chi connectivity index (χ1v) is 10.1. The summed E-state index contributed by atoms with van der Waals surface area (Å²) in [5, 5.41) is 0. The number of ether oxygens (including phenoxy) is 1. The number of carbonyl (C=O) groups is 2. The van der Waals surface area contributed by atoms with Crippen molar-refractivity contribution in [3.05, 3.63) is 71.8 Å². The molecule has 0 aliphatic carbocycles. The molecule has 1 heterocycles. The summed E-state index contributed by atoms with van der Waals surface area (Å²) in [5.74, 6) is 0.297. The molecule has 1 aliphatic rings. The third-order valence-corrected chi connectivity index (χ3v) is 5.20. The van der Waals surface area contributed by atoms with E-state index >= 15 is 0 Å². The average molecular weight is 395 g/mol. The Morgan fingerprint density at radius 2 is 1.59 bits per heavy atom. The zero-order valence-electron chi connectivity index (χ0n) is 17.7. The summed E-state index contributed by atoms with van der Waals surface area (Å²) in [7, 11) is 1.83. The van der Waals surface area contributed by atoms with E-state index in [0.717, 1.165) is 0 Å². The van der Waals surface area contributed by atoms with Gasteiger partial charge >= 0.3 is 6.09 Å². The minimum Gasteiger partial charge on any atom is -0.444 e. The molecule has 2 atom stereocenters. The molecule has 1 fully saturated rings. The van der Waals surface area contributed by atoms with Gasteiger partial charge in [-0.3, -0.25) is 4.79 Å². The summed E-state index contributed by atoms with van der Waals surface area (Å²) >= 11 is 0. The van der Waals surface area contributed by atoms with Gasteiger partial charge in [-0.2, -0.15) is 0 Å². The molecular weight excluding hydrogens is 364 g/mol. The molecular formula is C24H30N2O3. The van der Waals surface area contributed by atoms with Crippen LogP contribution in [0.4, 0.5) is 4.79 Å². The minimum absolute atomic E-state index is 0.00636. The third kappa shape index (κ3) is 5.37. The molecule has 1 aliphatic heterocycles. The molecule has 0 saturated carbocycles. The molecule has 0 radical (unpaired) electrons. The van der Waals surface area contributed by atoms with Crippen LogP contribution < -0.4 is 0 Å². The number of hydrogen-bond donors (Lipinski definition) is 0. The van der Waals surface area contributed by atoms with Crippen molar-refractivity contribution < 1.29 is 14.3 Å². The smallest absolute Gasteiger partial charge is 0.410 e. The topological polar surface area (TPSA) is 49.9 Å². The number of amides is 2. The van der Waals surface area contributed by atoms with Crippen LogP contribution in [0.3, 0.4) is 0 Å². The van der Waals surface area contributed by atoms with Crippen molar-refractivity contribution in [3.8, 4) is 0 Å². The quantitative estimate of drug-likeness (QED) is 0.772. The lowest BCUT2D eigenvalue weighted by molar-refractivity contribution is 0.0285. The molecule has 2 aromatic carbocycles. The Morgan fingerprint density at radius 3 is 2.17 bits per heavy atom. The summed E-state index contributed by atoms with van der Waals surface area (Å²) in [6.45, 7) is 7.36. The van der Waals surface area contributed by atoms with E-state index < -0.39 is 5.60 Å². The number of hydrogen-bond acceptors (Lipinski definition) is 3. The van der Waals surface area contributed by atoms with Crippen molar-refractivity contribution in [3.63, 3.8) is 0 Å².